The molecule has 74 valence electrons. The molecule has 0 saturated heterocycles. The van der Waals surface area contributed by atoms with Crippen molar-refractivity contribution in [2.24, 2.45) is 5.73 Å². The van der Waals surface area contributed by atoms with Crippen molar-refractivity contribution < 1.29 is 5.11 Å². The normalized spacial score (nSPS) is 13.4. The number of rotatable bonds is 2. The second-order valence-corrected chi connectivity index (χ2v) is 3.54. The lowest BCUT2D eigenvalue weighted by Crippen LogP contribution is -2.10. The monoisotopic (exact) mass is 190 g/mol. The number of benzene rings is 1. The zero-order valence-electron chi connectivity index (χ0n) is 8.12. The highest BCUT2D eigenvalue weighted by Gasteiger charge is 2.10. The third kappa shape index (κ3) is 1.41. The number of fused-ring (bicyclic) bond motifs is 1. The Labute approximate surface area is 82.6 Å². The predicted molar refractivity (Wildman–Crippen MR) is 57.0 cm³/mol. The molecular weight excluding hydrogens is 176 g/mol. The van der Waals surface area contributed by atoms with Gasteiger partial charge in [-0.25, -0.2) is 0 Å². The van der Waals surface area contributed by atoms with Gasteiger partial charge in [0.05, 0.1) is 6.10 Å². The molecule has 3 heteroatoms. The standard InChI is InChI=1S/C11H14N2O/c1-7-2-3-8-9(11(14)5-12)6-13-10(8)4-7/h2-4,6,11,13-14H,5,12H2,1H3. The minimum Gasteiger partial charge on any atom is -0.387 e. The summed E-state index contributed by atoms with van der Waals surface area (Å²) in [7, 11) is 0. The van der Waals surface area contributed by atoms with E-state index in [1.54, 1.807) is 0 Å². The molecule has 1 aromatic carbocycles. The number of aryl methyl sites for hydroxylation is 1. The fourth-order valence-corrected chi connectivity index (χ4v) is 1.67. The van der Waals surface area contributed by atoms with Crippen molar-refractivity contribution in [1.29, 1.82) is 0 Å². The topological polar surface area (TPSA) is 62.0 Å². The maximum Gasteiger partial charge on any atom is 0.0932 e. The zero-order chi connectivity index (χ0) is 10.1. The Morgan fingerprint density at radius 3 is 3.00 bits per heavy atom. The Kier molecular flexibility index (Phi) is 2.27. The van der Waals surface area contributed by atoms with Crippen molar-refractivity contribution >= 4 is 10.9 Å². The van der Waals surface area contributed by atoms with Gasteiger partial charge in [0.15, 0.2) is 0 Å². The van der Waals surface area contributed by atoms with Crippen molar-refractivity contribution in [2.45, 2.75) is 13.0 Å². The number of hydrogen-bond donors (Lipinski definition) is 3. The van der Waals surface area contributed by atoms with Gasteiger partial charge in [0.25, 0.3) is 0 Å². The van der Waals surface area contributed by atoms with E-state index in [4.69, 9.17) is 5.73 Å². The van der Waals surface area contributed by atoms with Crippen LogP contribution in [0.1, 0.15) is 17.2 Å². The lowest BCUT2D eigenvalue weighted by Gasteiger charge is -2.05. The number of aromatic nitrogens is 1. The Hall–Kier alpha value is -1.32. The van der Waals surface area contributed by atoms with E-state index in [9.17, 15) is 5.11 Å². The first-order chi connectivity index (χ1) is 6.72. The lowest BCUT2D eigenvalue weighted by atomic mass is 10.1. The van der Waals surface area contributed by atoms with Crippen LogP contribution in [0.25, 0.3) is 10.9 Å². The molecule has 3 nitrogen and oxygen atoms in total. The van der Waals surface area contributed by atoms with Gasteiger partial charge >= 0.3 is 0 Å². The number of aliphatic hydroxyl groups is 1. The van der Waals surface area contributed by atoms with E-state index in [0.717, 1.165) is 16.5 Å². The van der Waals surface area contributed by atoms with Crippen molar-refractivity contribution in [3.05, 3.63) is 35.5 Å². The highest BCUT2D eigenvalue weighted by Crippen LogP contribution is 2.24. The molecule has 0 fully saturated rings. The molecule has 0 radical (unpaired) electrons. The fraction of sp³-hybridized carbons (Fsp3) is 0.273. The van der Waals surface area contributed by atoms with Crippen LogP contribution in [0.5, 0.6) is 0 Å². The van der Waals surface area contributed by atoms with Gasteiger partial charge < -0.3 is 15.8 Å². The van der Waals surface area contributed by atoms with E-state index in [1.807, 2.05) is 25.3 Å². The molecule has 0 aliphatic heterocycles. The predicted octanol–water partition coefficient (Wildman–Crippen LogP) is 1.47. The van der Waals surface area contributed by atoms with Crippen molar-refractivity contribution in [1.82, 2.24) is 4.98 Å². The molecule has 2 aromatic rings. The van der Waals surface area contributed by atoms with Gasteiger partial charge in [-0.15, -0.1) is 0 Å². The van der Waals surface area contributed by atoms with Crippen LogP contribution in [0.2, 0.25) is 0 Å². The molecule has 1 unspecified atom stereocenters. The van der Waals surface area contributed by atoms with E-state index in [-0.39, 0.29) is 6.54 Å². The van der Waals surface area contributed by atoms with E-state index in [0.29, 0.717) is 0 Å². The van der Waals surface area contributed by atoms with Gasteiger partial charge in [-0.3, -0.25) is 0 Å². The molecule has 0 saturated carbocycles. The van der Waals surface area contributed by atoms with Gasteiger partial charge in [0.1, 0.15) is 0 Å². The van der Waals surface area contributed by atoms with Crippen LogP contribution >= 0.6 is 0 Å². The number of H-pyrrole nitrogens is 1. The van der Waals surface area contributed by atoms with Gasteiger partial charge in [-0.2, -0.15) is 0 Å². The first-order valence-electron chi connectivity index (χ1n) is 4.68. The van der Waals surface area contributed by atoms with Crippen LogP contribution in [0.4, 0.5) is 0 Å². The number of hydrogen-bond acceptors (Lipinski definition) is 2. The number of nitrogens with two attached hydrogens (primary N) is 1. The number of aliphatic hydroxyl groups excluding tert-OH is 1. The quantitative estimate of drug-likeness (QED) is 0.671. The Balaban J connectivity index is 2.58. The summed E-state index contributed by atoms with van der Waals surface area (Å²) < 4.78 is 0. The zero-order valence-corrected chi connectivity index (χ0v) is 8.12. The van der Waals surface area contributed by atoms with E-state index < -0.39 is 6.10 Å². The summed E-state index contributed by atoms with van der Waals surface area (Å²) in [4.78, 5) is 3.13. The first kappa shape index (κ1) is 9.24. The summed E-state index contributed by atoms with van der Waals surface area (Å²) in [5.41, 5.74) is 8.55. The molecule has 1 atom stereocenters. The smallest absolute Gasteiger partial charge is 0.0932 e. The largest absolute Gasteiger partial charge is 0.387 e. The summed E-state index contributed by atoms with van der Waals surface area (Å²) in [5.74, 6) is 0. The van der Waals surface area contributed by atoms with Gasteiger partial charge in [0.2, 0.25) is 0 Å². The lowest BCUT2D eigenvalue weighted by molar-refractivity contribution is 0.188. The summed E-state index contributed by atoms with van der Waals surface area (Å²) >= 11 is 0. The molecule has 4 N–H and O–H groups in total. The molecule has 0 amide bonds. The van der Waals surface area contributed by atoms with Crippen LogP contribution in [0.3, 0.4) is 0 Å². The molecule has 0 aliphatic rings. The molecule has 1 aromatic heterocycles. The summed E-state index contributed by atoms with van der Waals surface area (Å²) in [6.45, 7) is 2.29. The second kappa shape index (κ2) is 3.44. The highest BCUT2D eigenvalue weighted by molar-refractivity contribution is 5.84. The third-order valence-electron chi connectivity index (χ3n) is 2.45. The average Bonchev–Trinajstić information content (AvgIpc) is 2.59. The summed E-state index contributed by atoms with van der Waals surface area (Å²) in [6.07, 6.45) is 1.24. The maximum atomic E-state index is 9.64. The molecule has 0 aliphatic carbocycles. The minimum atomic E-state index is -0.577. The Morgan fingerprint density at radius 2 is 2.29 bits per heavy atom. The van der Waals surface area contributed by atoms with Crippen molar-refractivity contribution in [3.63, 3.8) is 0 Å². The van der Waals surface area contributed by atoms with Gasteiger partial charge in [-0.1, -0.05) is 12.1 Å². The molecule has 14 heavy (non-hydrogen) atoms. The summed E-state index contributed by atoms with van der Waals surface area (Å²) in [5, 5.41) is 10.7. The van der Waals surface area contributed by atoms with Crippen LogP contribution < -0.4 is 5.73 Å². The Bertz CT molecular complexity index is 447. The van der Waals surface area contributed by atoms with Crippen LogP contribution in [-0.2, 0) is 0 Å². The summed E-state index contributed by atoms with van der Waals surface area (Å²) in [6, 6.07) is 6.10. The molecule has 2 rings (SSSR count). The average molecular weight is 190 g/mol. The van der Waals surface area contributed by atoms with Gasteiger partial charge in [-0.05, 0) is 18.6 Å². The van der Waals surface area contributed by atoms with Crippen LogP contribution in [-0.4, -0.2) is 16.6 Å². The number of nitrogens with one attached hydrogen (secondary N) is 1. The minimum absolute atomic E-state index is 0.251. The van der Waals surface area contributed by atoms with Crippen LogP contribution in [0, 0.1) is 6.92 Å². The van der Waals surface area contributed by atoms with Crippen molar-refractivity contribution in [3.8, 4) is 0 Å². The molecule has 0 bridgehead atoms. The van der Waals surface area contributed by atoms with E-state index in [2.05, 4.69) is 11.1 Å². The first-order valence-corrected chi connectivity index (χ1v) is 4.68. The Morgan fingerprint density at radius 1 is 1.50 bits per heavy atom. The number of aromatic amines is 1. The fourth-order valence-electron chi connectivity index (χ4n) is 1.67. The molecule has 1 heterocycles. The SMILES string of the molecule is Cc1ccc2c(C(O)CN)c[nH]c2c1. The van der Waals surface area contributed by atoms with E-state index >= 15 is 0 Å². The molecular formula is C11H14N2O. The van der Waals surface area contributed by atoms with Crippen LogP contribution in [0.15, 0.2) is 24.4 Å². The second-order valence-electron chi connectivity index (χ2n) is 3.54. The van der Waals surface area contributed by atoms with Crippen molar-refractivity contribution in [2.75, 3.05) is 6.54 Å². The van der Waals surface area contributed by atoms with Gasteiger partial charge in [0, 0.05) is 29.2 Å². The molecule has 0 spiro atoms. The third-order valence-corrected chi connectivity index (χ3v) is 2.45. The van der Waals surface area contributed by atoms with E-state index in [1.165, 1.54) is 5.56 Å². The maximum absolute atomic E-state index is 9.64. The highest BCUT2D eigenvalue weighted by atomic mass is 16.3.